The van der Waals surface area contributed by atoms with Crippen molar-refractivity contribution in [3.05, 3.63) is 30.2 Å². The van der Waals surface area contributed by atoms with E-state index < -0.39 is 0 Å². The number of nitrogens with one attached hydrogen (secondary N) is 1. The van der Waals surface area contributed by atoms with Crippen molar-refractivity contribution in [1.82, 2.24) is 4.98 Å². The van der Waals surface area contributed by atoms with Crippen molar-refractivity contribution in [1.29, 1.82) is 0 Å². The normalized spacial score (nSPS) is 27.4. The van der Waals surface area contributed by atoms with E-state index in [1.165, 1.54) is 31.7 Å². The van der Waals surface area contributed by atoms with Crippen molar-refractivity contribution >= 4 is 22.3 Å². The van der Waals surface area contributed by atoms with Gasteiger partial charge in [-0.05, 0) is 55.2 Å². The highest BCUT2D eigenvalue weighted by atomic mass is 19.1. The van der Waals surface area contributed by atoms with Crippen LogP contribution in [0.3, 0.4) is 0 Å². The van der Waals surface area contributed by atoms with Gasteiger partial charge in [0.25, 0.3) is 0 Å². The molecule has 2 aromatic rings. The van der Waals surface area contributed by atoms with Crippen molar-refractivity contribution in [2.75, 3.05) is 17.6 Å². The van der Waals surface area contributed by atoms with Gasteiger partial charge in [-0.1, -0.05) is 6.42 Å². The van der Waals surface area contributed by atoms with E-state index in [4.69, 9.17) is 5.73 Å². The number of nitrogen functional groups attached to an aromatic ring is 1. The SMILES string of the molecule is Nc1cc(F)c(NCC2CC3CCC2C3)c2ncccc12. The third kappa shape index (κ3) is 2.13. The monoisotopic (exact) mass is 285 g/mol. The predicted octanol–water partition coefficient (Wildman–Crippen LogP) is 3.80. The molecule has 0 spiro atoms. The summed E-state index contributed by atoms with van der Waals surface area (Å²) < 4.78 is 14.3. The molecule has 0 radical (unpaired) electrons. The van der Waals surface area contributed by atoms with E-state index in [0.717, 1.165) is 23.8 Å². The number of benzene rings is 1. The smallest absolute Gasteiger partial charge is 0.150 e. The zero-order valence-electron chi connectivity index (χ0n) is 12.0. The van der Waals surface area contributed by atoms with Crippen LogP contribution < -0.4 is 11.1 Å². The lowest BCUT2D eigenvalue weighted by atomic mass is 9.89. The molecule has 0 aliphatic heterocycles. The van der Waals surface area contributed by atoms with Gasteiger partial charge in [-0.15, -0.1) is 0 Å². The lowest BCUT2D eigenvalue weighted by molar-refractivity contribution is 0.348. The van der Waals surface area contributed by atoms with Gasteiger partial charge in [0, 0.05) is 23.8 Å². The molecule has 3 N–H and O–H groups in total. The Bertz CT molecular complexity index is 685. The largest absolute Gasteiger partial charge is 0.398 e. The first kappa shape index (κ1) is 12.9. The lowest BCUT2D eigenvalue weighted by Gasteiger charge is -2.23. The van der Waals surface area contributed by atoms with Crippen LogP contribution in [0.25, 0.3) is 10.9 Å². The zero-order chi connectivity index (χ0) is 14.4. The van der Waals surface area contributed by atoms with Crippen molar-refractivity contribution in [2.24, 2.45) is 17.8 Å². The molecular formula is C17H20FN3. The lowest BCUT2D eigenvalue weighted by Crippen LogP contribution is -2.20. The molecule has 3 unspecified atom stereocenters. The van der Waals surface area contributed by atoms with Crippen LogP contribution in [0.2, 0.25) is 0 Å². The number of fused-ring (bicyclic) bond motifs is 3. The maximum absolute atomic E-state index is 14.3. The summed E-state index contributed by atoms with van der Waals surface area (Å²) in [5.41, 5.74) is 7.47. The van der Waals surface area contributed by atoms with Crippen LogP contribution in [-0.4, -0.2) is 11.5 Å². The third-order valence-electron chi connectivity index (χ3n) is 5.30. The Balaban J connectivity index is 1.61. The van der Waals surface area contributed by atoms with Crippen LogP contribution in [0.1, 0.15) is 25.7 Å². The second kappa shape index (κ2) is 4.86. The molecule has 1 heterocycles. The summed E-state index contributed by atoms with van der Waals surface area (Å²) in [6, 6.07) is 5.11. The first-order valence-electron chi connectivity index (χ1n) is 7.79. The highest BCUT2D eigenvalue weighted by molar-refractivity contribution is 5.98. The van der Waals surface area contributed by atoms with Gasteiger partial charge in [-0.3, -0.25) is 4.98 Å². The number of pyridine rings is 1. The number of hydrogen-bond acceptors (Lipinski definition) is 3. The van der Waals surface area contributed by atoms with Crippen molar-refractivity contribution in [3.63, 3.8) is 0 Å². The van der Waals surface area contributed by atoms with Gasteiger partial charge in [0.05, 0.1) is 11.2 Å². The van der Waals surface area contributed by atoms with Crippen LogP contribution in [-0.2, 0) is 0 Å². The fourth-order valence-corrected chi connectivity index (χ4v) is 4.26. The van der Waals surface area contributed by atoms with Gasteiger partial charge < -0.3 is 11.1 Å². The maximum atomic E-state index is 14.3. The Hall–Kier alpha value is -1.84. The average molecular weight is 285 g/mol. The van der Waals surface area contributed by atoms with Crippen LogP contribution in [0.5, 0.6) is 0 Å². The molecule has 1 aromatic carbocycles. The number of aromatic nitrogens is 1. The van der Waals surface area contributed by atoms with Crippen molar-refractivity contribution < 1.29 is 4.39 Å². The van der Waals surface area contributed by atoms with Gasteiger partial charge >= 0.3 is 0 Å². The summed E-state index contributed by atoms with van der Waals surface area (Å²) in [6.45, 7) is 0.841. The van der Waals surface area contributed by atoms with E-state index in [9.17, 15) is 4.39 Å². The summed E-state index contributed by atoms with van der Waals surface area (Å²) in [7, 11) is 0. The summed E-state index contributed by atoms with van der Waals surface area (Å²) in [6.07, 6.45) is 7.08. The number of hydrogen-bond donors (Lipinski definition) is 2. The third-order valence-corrected chi connectivity index (χ3v) is 5.30. The van der Waals surface area contributed by atoms with Gasteiger partial charge in [0.15, 0.2) is 5.82 Å². The van der Waals surface area contributed by atoms with Crippen LogP contribution in [0.15, 0.2) is 24.4 Å². The molecule has 2 aliphatic carbocycles. The summed E-state index contributed by atoms with van der Waals surface area (Å²) >= 11 is 0. The quantitative estimate of drug-likeness (QED) is 0.843. The van der Waals surface area contributed by atoms with Crippen LogP contribution >= 0.6 is 0 Å². The highest BCUT2D eigenvalue weighted by Crippen LogP contribution is 2.48. The first-order chi connectivity index (χ1) is 10.2. The summed E-state index contributed by atoms with van der Waals surface area (Å²) in [4.78, 5) is 4.31. The number of nitrogens with two attached hydrogens (primary N) is 1. The van der Waals surface area contributed by atoms with Gasteiger partial charge in [-0.25, -0.2) is 4.39 Å². The Morgan fingerprint density at radius 3 is 3.00 bits per heavy atom. The van der Waals surface area contributed by atoms with E-state index in [1.807, 2.05) is 12.1 Å². The van der Waals surface area contributed by atoms with E-state index in [-0.39, 0.29) is 5.82 Å². The van der Waals surface area contributed by atoms with E-state index in [1.54, 1.807) is 6.20 Å². The Morgan fingerprint density at radius 1 is 1.33 bits per heavy atom. The fourth-order valence-electron chi connectivity index (χ4n) is 4.26. The van der Waals surface area contributed by atoms with Gasteiger partial charge in [0.1, 0.15) is 0 Å². The first-order valence-corrected chi connectivity index (χ1v) is 7.79. The highest BCUT2D eigenvalue weighted by Gasteiger charge is 2.39. The van der Waals surface area contributed by atoms with Crippen molar-refractivity contribution in [2.45, 2.75) is 25.7 Å². The van der Waals surface area contributed by atoms with Crippen LogP contribution in [0, 0.1) is 23.6 Å². The Morgan fingerprint density at radius 2 is 2.24 bits per heavy atom. The minimum atomic E-state index is -0.304. The summed E-state index contributed by atoms with van der Waals surface area (Å²) in [5, 5.41) is 4.13. The second-order valence-corrected chi connectivity index (χ2v) is 6.54. The molecule has 4 heteroatoms. The van der Waals surface area contributed by atoms with Gasteiger partial charge in [0.2, 0.25) is 0 Å². The van der Waals surface area contributed by atoms with E-state index >= 15 is 0 Å². The van der Waals surface area contributed by atoms with Crippen LogP contribution in [0.4, 0.5) is 15.8 Å². The predicted molar refractivity (Wildman–Crippen MR) is 83.5 cm³/mol. The zero-order valence-corrected chi connectivity index (χ0v) is 12.0. The molecule has 1 aromatic heterocycles. The van der Waals surface area contributed by atoms with Gasteiger partial charge in [-0.2, -0.15) is 0 Å². The standard InChI is InChI=1S/C17H20FN3/c18-14-8-15(19)13-2-1-5-20-16(13)17(14)21-9-12-7-10-3-4-11(12)6-10/h1-2,5,8,10-12,21H,3-4,6-7,9,19H2. The topological polar surface area (TPSA) is 50.9 Å². The molecule has 4 rings (SSSR count). The molecule has 2 bridgehead atoms. The van der Waals surface area contributed by atoms with E-state index in [2.05, 4.69) is 10.3 Å². The van der Waals surface area contributed by atoms with Crippen molar-refractivity contribution in [3.8, 4) is 0 Å². The molecule has 2 aliphatic rings. The fraction of sp³-hybridized carbons (Fsp3) is 0.471. The number of anilines is 2. The average Bonchev–Trinajstić information content (AvgIpc) is 3.09. The molecule has 110 valence electrons. The molecule has 0 saturated heterocycles. The molecular weight excluding hydrogens is 265 g/mol. The minimum Gasteiger partial charge on any atom is -0.398 e. The molecule has 21 heavy (non-hydrogen) atoms. The second-order valence-electron chi connectivity index (χ2n) is 6.54. The molecule has 3 nitrogen and oxygen atoms in total. The molecule has 2 saturated carbocycles. The Kier molecular flexibility index (Phi) is 2.98. The Labute approximate surface area is 123 Å². The van der Waals surface area contributed by atoms with E-state index in [0.29, 0.717) is 22.8 Å². The molecule has 0 amide bonds. The molecule has 2 fully saturated rings. The minimum absolute atomic E-state index is 0.304. The number of nitrogens with zero attached hydrogens (tertiary/aromatic N) is 1. The molecule has 3 atom stereocenters. The summed E-state index contributed by atoms with van der Waals surface area (Å²) in [5.74, 6) is 2.12. The maximum Gasteiger partial charge on any atom is 0.150 e. The number of rotatable bonds is 3. The number of halogens is 1.